The zero-order valence-corrected chi connectivity index (χ0v) is 13.9. The van der Waals surface area contributed by atoms with Crippen molar-refractivity contribution >= 4 is 28.5 Å². The monoisotopic (exact) mass is 347 g/mol. The highest BCUT2D eigenvalue weighted by atomic mass is 32.2. The van der Waals surface area contributed by atoms with Crippen LogP contribution < -0.4 is 5.43 Å². The maximum atomic E-state index is 14.2. The molecule has 0 aliphatic carbocycles. The molecule has 0 spiro atoms. The quantitative estimate of drug-likeness (QED) is 0.919. The van der Waals surface area contributed by atoms with Crippen LogP contribution in [0.2, 0.25) is 0 Å². The Labute approximate surface area is 142 Å². The number of nitrogens with one attached hydrogen (secondary N) is 1. The molecule has 0 bridgehead atoms. The molecule has 0 saturated carbocycles. The molecule has 24 heavy (non-hydrogen) atoms. The molecule has 0 saturated heterocycles. The Kier molecular flexibility index (Phi) is 4.28. The normalized spacial score (nSPS) is 20.2. The summed E-state index contributed by atoms with van der Waals surface area (Å²) in [6.45, 7) is 1.52. The first-order chi connectivity index (χ1) is 11.5. The molecule has 1 amide bonds. The van der Waals surface area contributed by atoms with E-state index in [9.17, 15) is 13.6 Å². The Morgan fingerprint density at radius 3 is 2.50 bits per heavy atom. The third-order valence-corrected chi connectivity index (χ3v) is 4.42. The average molecular weight is 347 g/mol. The minimum atomic E-state index is -1.45. The fourth-order valence-corrected chi connectivity index (χ4v) is 3.12. The van der Waals surface area contributed by atoms with Gasteiger partial charge in [0.1, 0.15) is 11.6 Å². The summed E-state index contributed by atoms with van der Waals surface area (Å²) in [7, 11) is 0. The van der Waals surface area contributed by atoms with Crippen LogP contribution in [0.1, 0.15) is 12.5 Å². The third-order valence-electron chi connectivity index (χ3n) is 3.78. The van der Waals surface area contributed by atoms with Crippen LogP contribution in [0.3, 0.4) is 0 Å². The second-order valence-electron chi connectivity index (χ2n) is 5.41. The number of rotatable bonds is 3. The summed E-state index contributed by atoms with van der Waals surface area (Å²) in [6.07, 6.45) is 1.78. The fourth-order valence-electron chi connectivity index (χ4n) is 2.53. The van der Waals surface area contributed by atoms with Gasteiger partial charge in [0, 0.05) is 11.6 Å². The maximum absolute atomic E-state index is 14.2. The summed E-state index contributed by atoms with van der Waals surface area (Å²) in [4.78, 5) is 17.3. The minimum absolute atomic E-state index is 0.0396. The van der Waals surface area contributed by atoms with E-state index in [2.05, 4.69) is 10.4 Å². The highest BCUT2D eigenvalue weighted by Crippen LogP contribution is 2.37. The van der Waals surface area contributed by atoms with Gasteiger partial charge in [-0.15, -0.1) is 0 Å². The number of aliphatic imine (C=N–C) groups is 1. The van der Waals surface area contributed by atoms with E-state index in [-0.39, 0.29) is 5.56 Å². The molecule has 1 unspecified atom stereocenters. The molecule has 1 N–H and O–H groups in total. The molecule has 1 aliphatic rings. The zero-order valence-electron chi connectivity index (χ0n) is 13.1. The lowest BCUT2D eigenvalue weighted by Crippen LogP contribution is -2.42. The standard InChI is InChI=1S/C17H15F2N3OS/c1-17(13-9-8-11(18)10-14(13)19)15(23)22(16(20-17)24-2)21-12-6-4-3-5-7-12/h3-10,21H,1-2H3. The minimum Gasteiger partial charge on any atom is -0.289 e. The van der Waals surface area contributed by atoms with Gasteiger partial charge in [0.05, 0.1) is 5.69 Å². The highest BCUT2D eigenvalue weighted by Gasteiger charge is 2.47. The molecule has 124 valence electrons. The van der Waals surface area contributed by atoms with Crippen molar-refractivity contribution in [1.29, 1.82) is 0 Å². The van der Waals surface area contributed by atoms with Gasteiger partial charge < -0.3 is 0 Å². The second kappa shape index (κ2) is 6.24. The van der Waals surface area contributed by atoms with Crippen LogP contribution in [0.4, 0.5) is 14.5 Å². The molecule has 1 heterocycles. The summed E-state index contributed by atoms with van der Waals surface area (Å²) < 4.78 is 27.4. The Morgan fingerprint density at radius 2 is 1.88 bits per heavy atom. The lowest BCUT2D eigenvalue weighted by molar-refractivity contribution is -0.130. The summed E-state index contributed by atoms with van der Waals surface area (Å²) in [5.74, 6) is -1.92. The molecular weight excluding hydrogens is 332 g/mol. The first-order valence-electron chi connectivity index (χ1n) is 7.21. The fraction of sp³-hybridized carbons (Fsp3) is 0.176. The number of carbonyl (C=O) groups is 1. The van der Waals surface area contributed by atoms with E-state index < -0.39 is 23.1 Å². The smallest absolute Gasteiger partial charge is 0.279 e. The number of anilines is 1. The third kappa shape index (κ3) is 2.75. The van der Waals surface area contributed by atoms with Crippen LogP contribution >= 0.6 is 11.8 Å². The van der Waals surface area contributed by atoms with Crippen molar-refractivity contribution in [3.8, 4) is 0 Å². The largest absolute Gasteiger partial charge is 0.289 e. The van der Waals surface area contributed by atoms with Crippen LogP contribution in [0.15, 0.2) is 53.5 Å². The van der Waals surface area contributed by atoms with Gasteiger partial charge in [0.25, 0.3) is 5.91 Å². The van der Waals surface area contributed by atoms with Gasteiger partial charge in [-0.25, -0.2) is 13.8 Å². The maximum Gasteiger partial charge on any atom is 0.279 e. The molecule has 0 fully saturated rings. The molecule has 1 atom stereocenters. The number of benzene rings is 2. The van der Waals surface area contributed by atoms with Crippen molar-refractivity contribution < 1.29 is 13.6 Å². The van der Waals surface area contributed by atoms with Crippen LogP contribution in [0.5, 0.6) is 0 Å². The van der Waals surface area contributed by atoms with Crippen LogP contribution in [-0.2, 0) is 10.3 Å². The van der Waals surface area contributed by atoms with Crippen molar-refractivity contribution in [2.45, 2.75) is 12.5 Å². The molecule has 0 radical (unpaired) electrons. The summed E-state index contributed by atoms with van der Waals surface area (Å²) in [5.41, 5.74) is 2.28. The molecule has 7 heteroatoms. The van der Waals surface area contributed by atoms with Gasteiger partial charge in [-0.2, -0.15) is 5.01 Å². The second-order valence-corrected chi connectivity index (χ2v) is 6.19. The number of amidine groups is 1. The number of halogens is 2. The molecule has 4 nitrogen and oxygen atoms in total. The van der Waals surface area contributed by atoms with Crippen molar-refractivity contribution in [3.05, 3.63) is 65.7 Å². The predicted molar refractivity (Wildman–Crippen MR) is 91.6 cm³/mol. The summed E-state index contributed by atoms with van der Waals surface area (Å²) in [6, 6.07) is 12.3. The summed E-state index contributed by atoms with van der Waals surface area (Å²) in [5, 5.41) is 1.71. The van der Waals surface area contributed by atoms with Crippen LogP contribution in [-0.4, -0.2) is 22.3 Å². The van der Waals surface area contributed by atoms with Crippen molar-refractivity contribution in [1.82, 2.24) is 5.01 Å². The highest BCUT2D eigenvalue weighted by molar-refractivity contribution is 8.13. The summed E-state index contributed by atoms with van der Waals surface area (Å²) >= 11 is 1.27. The van der Waals surface area contributed by atoms with E-state index in [1.165, 1.54) is 29.8 Å². The van der Waals surface area contributed by atoms with Gasteiger partial charge in [-0.3, -0.25) is 10.2 Å². The average Bonchev–Trinajstić information content (AvgIpc) is 2.81. The number of amides is 1. The van der Waals surface area contributed by atoms with E-state index in [0.29, 0.717) is 10.9 Å². The first kappa shape index (κ1) is 16.4. The Balaban J connectivity index is 1.99. The van der Waals surface area contributed by atoms with Crippen LogP contribution in [0, 0.1) is 11.6 Å². The number of hydrogen-bond donors (Lipinski definition) is 1. The topological polar surface area (TPSA) is 44.7 Å². The number of carbonyl (C=O) groups excluding carboxylic acids is 1. The Hall–Kier alpha value is -2.41. The van der Waals surface area contributed by atoms with Gasteiger partial charge >= 0.3 is 0 Å². The van der Waals surface area contributed by atoms with Gasteiger partial charge in [-0.1, -0.05) is 36.0 Å². The number of thioether (sulfide) groups is 1. The molecule has 3 rings (SSSR count). The lowest BCUT2D eigenvalue weighted by atomic mass is 9.92. The number of hydrazine groups is 1. The molecule has 0 aromatic heterocycles. The molecule has 2 aromatic rings. The van der Waals surface area contributed by atoms with Gasteiger partial charge in [-0.05, 0) is 31.4 Å². The van der Waals surface area contributed by atoms with Crippen molar-refractivity contribution in [2.75, 3.05) is 11.7 Å². The van der Waals surface area contributed by atoms with Crippen LogP contribution in [0.25, 0.3) is 0 Å². The number of hydrogen-bond acceptors (Lipinski definition) is 4. The Bertz CT molecular complexity index is 813. The number of nitrogens with zero attached hydrogens (tertiary/aromatic N) is 2. The first-order valence-corrected chi connectivity index (χ1v) is 8.44. The SMILES string of the molecule is CSC1=NC(C)(c2ccc(F)cc2F)C(=O)N1Nc1ccccc1. The van der Waals surface area contributed by atoms with Gasteiger partial charge in [0.15, 0.2) is 10.7 Å². The van der Waals surface area contributed by atoms with E-state index >= 15 is 0 Å². The van der Waals surface area contributed by atoms with Gasteiger partial charge in [0.2, 0.25) is 0 Å². The predicted octanol–water partition coefficient (Wildman–Crippen LogP) is 3.77. The number of para-hydroxylation sites is 1. The Morgan fingerprint density at radius 1 is 1.17 bits per heavy atom. The molecule has 2 aromatic carbocycles. The molecule has 1 aliphatic heterocycles. The van der Waals surface area contributed by atoms with E-state index in [0.717, 1.165) is 12.1 Å². The van der Waals surface area contributed by atoms with Crippen molar-refractivity contribution in [3.63, 3.8) is 0 Å². The zero-order chi connectivity index (χ0) is 17.3. The van der Waals surface area contributed by atoms with E-state index in [4.69, 9.17) is 0 Å². The molecular formula is C17H15F2N3OS. The van der Waals surface area contributed by atoms with E-state index in [1.54, 1.807) is 18.4 Å². The lowest BCUT2D eigenvalue weighted by Gasteiger charge is -2.24. The van der Waals surface area contributed by atoms with E-state index in [1.807, 2.05) is 18.2 Å². The van der Waals surface area contributed by atoms with Crippen molar-refractivity contribution in [2.24, 2.45) is 4.99 Å².